The van der Waals surface area contributed by atoms with Crippen molar-refractivity contribution in [1.29, 1.82) is 0 Å². The molecule has 0 N–H and O–H groups in total. The van der Waals surface area contributed by atoms with Crippen LogP contribution in [0.5, 0.6) is 0 Å². The maximum atomic E-state index is 14.0. The molecule has 2 aromatic carbocycles. The second-order valence-corrected chi connectivity index (χ2v) is 6.91. The van der Waals surface area contributed by atoms with E-state index >= 15 is 0 Å². The number of hydrogen-bond donors (Lipinski definition) is 0. The lowest BCUT2D eigenvalue weighted by molar-refractivity contribution is 0.628. The fourth-order valence-corrected chi connectivity index (χ4v) is 2.42. The molecule has 3 rings (SSSR count). The minimum atomic E-state index is -0.453. The highest BCUT2D eigenvalue weighted by atomic mass is 19.1. The lowest BCUT2D eigenvalue weighted by Crippen LogP contribution is -2.03. The monoisotopic (exact) mass is 417 g/mol. The third kappa shape index (κ3) is 6.93. The largest absolute Gasteiger partial charge is 0.208 e. The van der Waals surface area contributed by atoms with Gasteiger partial charge in [-0.15, -0.1) is 0 Å². The molecule has 0 fully saturated rings. The van der Waals surface area contributed by atoms with Crippen molar-refractivity contribution < 1.29 is 8.78 Å². The van der Waals surface area contributed by atoms with Crippen LogP contribution in [0.4, 0.5) is 8.78 Å². The summed E-state index contributed by atoms with van der Waals surface area (Å²) in [6, 6.07) is 12.3. The third-order valence-electron chi connectivity index (χ3n) is 3.92. The van der Waals surface area contributed by atoms with Gasteiger partial charge in [-0.05, 0) is 50.6 Å². The van der Waals surface area contributed by atoms with Crippen LogP contribution >= 0.6 is 0 Å². The van der Waals surface area contributed by atoms with Gasteiger partial charge in [-0.2, -0.15) is 0 Å². The van der Waals surface area contributed by atoms with Crippen LogP contribution in [-0.2, 0) is 0 Å². The molecule has 31 heavy (non-hydrogen) atoms. The van der Waals surface area contributed by atoms with E-state index in [0.717, 1.165) is 0 Å². The van der Waals surface area contributed by atoms with E-state index in [0.29, 0.717) is 11.4 Å². The van der Waals surface area contributed by atoms with Crippen molar-refractivity contribution in [3.63, 3.8) is 0 Å². The van der Waals surface area contributed by atoms with Crippen LogP contribution in [0.25, 0.3) is 28.3 Å². The Labute approximate surface area is 182 Å². The third-order valence-corrected chi connectivity index (χ3v) is 3.92. The van der Waals surface area contributed by atoms with Crippen molar-refractivity contribution in [2.24, 2.45) is 0 Å². The maximum Gasteiger partial charge on any atom is 0.167 e. The Morgan fingerprint density at radius 3 is 1.65 bits per heavy atom. The predicted octanol–water partition coefficient (Wildman–Crippen LogP) is 7.21. The quantitative estimate of drug-likeness (QED) is 0.412. The Kier molecular flexibility index (Phi) is 8.70. The minimum Gasteiger partial charge on any atom is -0.208 e. The molecule has 3 nitrogen and oxygen atoms in total. The highest BCUT2D eigenvalue weighted by Gasteiger charge is 2.15. The molecule has 0 amide bonds. The minimum absolute atomic E-state index is 0.148. The highest BCUT2D eigenvalue weighted by Crippen LogP contribution is 2.25. The zero-order chi connectivity index (χ0) is 22.8. The summed E-state index contributed by atoms with van der Waals surface area (Å²) >= 11 is 0. The standard InChI is InChI=1S/C18H13F2N3.C8H12/c1-11(2)16-21-17(12-7-3-5-9-14(12)19)23-18(22-16)13-8-4-6-10-15(13)20;1-4-5-6-7-8(2)3/h3-10H,1H2,2H3;4-7H,1H2,2-3H3/b;6-5-. The van der Waals surface area contributed by atoms with Crippen LogP contribution < -0.4 is 0 Å². The Bertz CT molecular complexity index is 1060. The van der Waals surface area contributed by atoms with E-state index in [4.69, 9.17) is 0 Å². The Morgan fingerprint density at radius 2 is 1.26 bits per heavy atom. The summed E-state index contributed by atoms with van der Waals surface area (Å²) in [6.45, 7) is 13.2. The fraction of sp³-hybridized carbons (Fsp3) is 0.115. The van der Waals surface area contributed by atoms with Crippen LogP contribution in [0.1, 0.15) is 26.6 Å². The van der Waals surface area contributed by atoms with Crippen molar-refractivity contribution in [1.82, 2.24) is 15.0 Å². The van der Waals surface area contributed by atoms with E-state index in [2.05, 4.69) is 42.0 Å². The van der Waals surface area contributed by atoms with Crippen LogP contribution in [-0.4, -0.2) is 15.0 Å². The number of rotatable bonds is 5. The summed E-state index contributed by atoms with van der Waals surface area (Å²) in [5.41, 5.74) is 2.36. The first-order valence-electron chi connectivity index (χ1n) is 9.67. The van der Waals surface area contributed by atoms with Gasteiger partial charge < -0.3 is 0 Å². The molecular formula is C26H25F2N3. The number of allylic oxidation sites excluding steroid dienone is 6. The van der Waals surface area contributed by atoms with E-state index < -0.39 is 11.6 Å². The number of nitrogens with zero attached hydrogens (tertiary/aromatic N) is 3. The van der Waals surface area contributed by atoms with Gasteiger partial charge in [-0.1, -0.05) is 67.3 Å². The van der Waals surface area contributed by atoms with Crippen LogP contribution in [0.3, 0.4) is 0 Å². The fourth-order valence-electron chi connectivity index (χ4n) is 2.42. The molecule has 3 aromatic rings. The average molecular weight is 418 g/mol. The lowest BCUT2D eigenvalue weighted by atomic mass is 10.1. The first-order chi connectivity index (χ1) is 14.8. The second-order valence-electron chi connectivity index (χ2n) is 6.91. The van der Waals surface area contributed by atoms with E-state index in [1.165, 1.54) is 17.7 Å². The number of aromatic nitrogens is 3. The number of hydrogen-bond acceptors (Lipinski definition) is 3. The van der Waals surface area contributed by atoms with E-state index in [1.807, 2.05) is 18.2 Å². The Morgan fingerprint density at radius 1 is 0.774 bits per heavy atom. The summed E-state index contributed by atoms with van der Waals surface area (Å²) in [4.78, 5) is 12.7. The smallest absolute Gasteiger partial charge is 0.167 e. The van der Waals surface area contributed by atoms with Gasteiger partial charge in [0.15, 0.2) is 17.5 Å². The zero-order valence-corrected chi connectivity index (χ0v) is 17.9. The first kappa shape index (κ1) is 23.5. The number of halogens is 2. The molecule has 0 radical (unpaired) electrons. The molecular weight excluding hydrogens is 392 g/mol. The van der Waals surface area contributed by atoms with E-state index in [1.54, 1.807) is 49.4 Å². The Balaban J connectivity index is 0.000000366. The van der Waals surface area contributed by atoms with E-state index in [9.17, 15) is 8.78 Å². The van der Waals surface area contributed by atoms with Crippen molar-refractivity contribution in [2.45, 2.75) is 20.8 Å². The van der Waals surface area contributed by atoms with Gasteiger partial charge in [-0.3, -0.25) is 0 Å². The molecule has 0 unspecified atom stereocenters. The van der Waals surface area contributed by atoms with Gasteiger partial charge in [-0.25, -0.2) is 23.7 Å². The zero-order valence-electron chi connectivity index (χ0n) is 17.9. The van der Waals surface area contributed by atoms with Crippen LogP contribution in [0.2, 0.25) is 0 Å². The molecule has 0 saturated carbocycles. The summed E-state index contributed by atoms with van der Waals surface area (Å²) in [7, 11) is 0. The van der Waals surface area contributed by atoms with Gasteiger partial charge in [0.1, 0.15) is 11.6 Å². The van der Waals surface area contributed by atoms with Crippen LogP contribution in [0.15, 0.2) is 91.6 Å². The summed E-state index contributed by atoms with van der Waals surface area (Å²) < 4.78 is 28.0. The molecule has 0 aliphatic rings. The molecule has 1 heterocycles. The van der Waals surface area contributed by atoms with Crippen molar-refractivity contribution in [3.8, 4) is 22.8 Å². The SMILES string of the molecule is C=C(C)c1nc(-c2ccccc2F)nc(-c2ccccc2F)n1.C=C/C=C\C=C(C)C. The average Bonchev–Trinajstić information content (AvgIpc) is 2.74. The summed E-state index contributed by atoms with van der Waals surface area (Å²) in [5, 5.41) is 0. The maximum absolute atomic E-state index is 14.0. The van der Waals surface area contributed by atoms with Crippen molar-refractivity contribution in [2.75, 3.05) is 0 Å². The number of benzene rings is 2. The lowest BCUT2D eigenvalue weighted by Gasteiger charge is -2.08. The van der Waals surface area contributed by atoms with Gasteiger partial charge in [0.05, 0.1) is 11.1 Å². The summed E-state index contributed by atoms with van der Waals surface area (Å²) in [6.07, 6.45) is 7.69. The molecule has 5 heteroatoms. The molecule has 0 atom stereocenters. The van der Waals surface area contributed by atoms with Gasteiger partial charge in [0.25, 0.3) is 0 Å². The molecule has 0 bridgehead atoms. The van der Waals surface area contributed by atoms with E-state index in [-0.39, 0.29) is 22.8 Å². The molecule has 1 aromatic heterocycles. The highest BCUT2D eigenvalue weighted by molar-refractivity contribution is 5.65. The van der Waals surface area contributed by atoms with Crippen molar-refractivity contribution in [3.05, 3.63) is 109 Å². The normalized spacial score (nSPS) is 10.2. The summed E-state index contributed by atoms with van der Waals surface area (Å²) in [5.74, 6) is -0.308. The second kappa shape index (κ2) is 11.5. The van der Waals surface area contributed by atoms with Gasteiger partial charge >= 0.3 is 0 Å². The topological polar surface area (TPSA) is 38.7 Å². The van der Waals surface area contributed by atoms with Gasteiger partial charge in [0.2, 0.25) is 0 Å². The van der Waals surface area contributed by atoms with Crippen molar-refractivity contribution >= 4 is 5.57 Å². The molecule has 0 spiro atoms. The Hall–Kier alpha value is -3.73. The molecule has 158 valence electrons. The van der Waals surface area contributed by atoms with Gasteiger partial charge in [0, 0.05) is 0 Å². The first-order valence-corrected chi connectivity index (χ1v) is 9.67. The molecule has 0 aliphatic heterocycles. The molecule has 0 aliphatic carbocycles. The predicted molar refractivity (Wildman–Crippen MR) is 124 cm³/mol. The molecule has 0 saturated heterocycles. The van der Waals surface area contributed by atoms with Crippen LogP contribution in [0, 0.1) is 11.6 Å².